The summed E-state index contributed by atoms with van der Waals surface area (Å²) in [5, 5.41) is 3.18. The van der Waals surface area contributed by atoms with Crippen LogP contribution in [0.4, 0.5) is 5.82 Å². The van der Waals surface area contributed by atoms with Crippen LogP contribution in [-0.4, -0.2) is 28.6 Å². The Balaban J connectivity index is 1.78. The fourth-order valence-corrected chi connectivity index (χ4v) is 4.63. The Hall–Kier alpha value is -1.40. The van der Waals surface area contributed by atoms with Crippen LogP contribution in [0.2, 0.25) is 10.0 Å². The molecule has 1 saturated heterocycles. The van der Waals surface area contributed by atoms with E-state index in [0.717, 1.165) is 53.1 Å². The molecular weight excluding hydrogens is 375 g/mol. The number of thiophene rings is 1. The van der Waals surface area contributed by atoms with Crippen LogP contribution in [0.15, 0.2) is 29.9 Å². The lowest BCUT2D eigenvalue weighted by molar-refractivity contribution is 0.363. The van der Waals surface area contributed by atoms with Crippen molar-refractivity contribution in [3.8, 4) is 11.1 Å². The van der Waals surface area contributed by atoms with Crippen LogP contribution in [0.3, 0.4) is 0 Å². The number of hydrogen-bond donors (Lipinski definition) is 1. The first-order valence-corrected chi connectivity index (χ1v) is 9.80. The van der Waals surface area contributed by atoms with Gasteiger partial charge in [0.15, 0.2) is 0 Å². The molecule has 1 aliphatic heterocycles. The second kappa shape index (κ2) is 6.40. The SMILES string of the molecule is CC1(N)CCN(c2ncnc3c(-c4cccc(Cl)c4Cl)csc23)CC1. The molecule has 4 nitrogen and oxygen atoms in total. The Morgan fingerprint density at radius 2 is 1.92 bits per heavy atom. The number of halogens is 2. The minimum Gasteiger partial charge on any atom is -0.355 e. The second-order valence-corrected chi connectivity index (χ2v) is 8.43. The molecule has 1 aromatic carbocycles. The van der Waals surface area contributed by atoms with E-state index >= 15 is 0 Å². The van der Waals surface area contributed by atoms with Crippen molar-refractivity contribution < 1.29 is 0 Å². The molecule has 2 N–H and O–H groups in total. The van der Waals surface area contributed by atoms with E-state index in [1.165, 1.54) is 0 Å². The number of anilines is 1. The normalized spacial score (nSPS) is 17.2. The van der Waals surface area contributed by atoms with E-state index in [9.17, 15) is 0 Å². The van der Waals surface area contributed by atoms with Crippen LogP contribution in [0.25, 0.3) is 21.3 Å². The molecule has 2 aromatic heterocycles. The Kier molecular flexibility index (Phi) is 4.36. The van der Waals surface area contributed by atoms with Crippen LogP contribution < -0.4 is 10.6 Å². The van der Waals surface area contributed by atoms with Gasteiger partial charge in [0.05, 0.1) is 20.3 Å². The van der Waals surface area contributed by atoms with Gasteiger partial charge >= 0.3 is 0 Å². The minimum absolute atomic E-state index is 0.0857. The van der Waals surface area contributed by atoms with Gasteiger partial charge in [-0.2, -0.15) is 0 Å². The summed E-state index contributed by atoms with van der Waals surface area (Å²) < 4.78 is 1.08. The average molecular weight is 393 g/mol. The average Bonchev–Trinajstić information content (AvgIpc) is 3.01. The number of aromatic nitrogens is 2. The standard InChI is InChI=1S/C18H18Cl2N4S/c1-18(21)5-7-24(8-6-18)17-16-15(22-10-23-17)12(9-25-16)11-3-2-4-13(19)14(11)20/h2-4,9-10H,5-8,21H2,1H3. The molecule has 25 heavy (non-hydrogen) atoms. The predicted molar refractivity (Wildman–Crippen MR) is 107 cm³/mol. The third-order valence-electron chi connectivity index (χ3n) is 4.78. The molecular formula is C18H18Cl2N4S. The van der Waals surface area contributed by atoms with Gasteiger partial charge in [-0.3, -0.25) is 0 Å². The molecule has 1 aliphatic rings. The zero-order valence-electron chi connectivity index (χ0n) is 13.8. The van der Waals surface area contributed by atoms with Crippen LogP contribution >= 0.6 is 34.5 Å². The van der Waals surface area contributed by atoms with Gasteiger partial charge in [-0.15, -0.1) is 11.3 Å². The van der Waals surface area contributed by atoms with Crippen LogP contribution in [-0.2, 0) is 0 Å². The zero-order valence-corrected chi connectivity index (χ0v) is 16.1. The summed E-state index contributed by atoms with van der Waals surface area (Å²) in [5.74, 6) is 0.981. The number of fused-ring (bicyclic) bond motifs is 1. The van der Waals surface area contributed by atoms with Gasteiger partial charge in [0.2, 0.25) is 0 Å². The van der Waals surface area contributed by atoms with Crippen LogP contribution in [0.5, 0.6) is 0 Å². The molecule has 0 amide bonds. The van der Waals surface area contributed by atoms with Gasteiger partial charge in [-0.1, -0.05) is 35.3 Å². The number of hydrogen-bond acceptors (Lipinski definition) is 5. The van der Waals surface area contributed by atoms with Gasteiger partial charge in [0, 0.05) is 35.1 Å². The van der Waals surface area contributed by atoms with Crippen molar-refractivity contribution in [3.05, 3.63) is 40.0 Å². The quantitative estimate of drug-likeness (QED) is 0.667. The van der Waals surface area contributed by atoms with Crippen molar-refractivity contribution in [2.24, 2.45) is 5.73 Å². The number of nitrogens with two attached hydrogens (primary N) is 1. The highest BCUT2D eigenvalue weighted by Gasteiger charge is 2.28. The van der Waals surface area contributed by atoms with Gasteiger partial charge < -0.3 is 10.6 Å². The lowest BCUT2D eigenvalue weighted by Crippen LogP contribution is -2.48. The van der Waals surface area contributed by atoms with Crippen LogP contribution in [0, 0.1) is 0 Å². The minimum atomic E-state index is -0.0857. The van der Waals surface area contributed by atoms with E-state index in [0.29, 0.717) is 10.0 Å². The largest absolute Gasteiger partial charge is 0.355 e. The van der Waals surface area contributed by atoms with Crippen molar-refractivity contribution >= 4 is 50.6 Å². The van der Waals surface area contributed by atoms with E-state index in [1.54, 1.807) is 23.7 Å². The number of piperidine rings is 1. The summed E-state index contributed by atoms with van der Waals surface area (Å²) in [6, 6.07) is 5.67. The van der Waals surface area contributed by atoms with E-state index in [1.807, 2.05) is 12.1 Å². The summed E-state index contributed by atoms with van der Waals surface area (Å²) in [7, 11) is 0. The van der Waals surface area contributed by atoms with Gasteiger partial charge in [-0.05, 0) is 25.8 Å². The molecule has 0 bridgehead atoms. The van der Waals surface area contributed by atoms with Crippen molar-refractivity contribution in [1.29, 1.82) is 0 Å². The summed E-state index contributed by atoms with van der Waals surface area (Å²) in [4.78, 5) is 11.4. The summed E-state index contributed by atoms with van der Waals surface area (Å²) >= 11 is 14.2. The van der Waals surface area contributed by atoms with E-state index in [-0.39, 0.29) is 5.54 Å². The van der Waals surface area contributed by atoms with Crippen molar-refractivity contribution in [3.63, 3.8) is 0 Å². The smallest absolute Gasteiger partial charge is 0.150 e. The number of rotatable bonds is 2. The second-order valence-electron chi connectivity index (χ2n) is 6.77. The van der Waals surface area contributed by atoms with E-state index in [4.69, 9.17) is 28.9 Å². The molecule has 0 unspecified atom stereocenters. The Morgan fingerprint density at radius 3 is 2.68 bits per heavy atom. The Morgan fingerprint density at radius 1 is 1.16 bits per heavy atom. The molecule has 0 spiro atoms. The van der Waals surface area contributed by atoms with E-state index in [2.05, 4.69) is 27.2 Å². The molecule has 1 fully saturated rings. The first-order valence-electron chi connectivity index (χ1n) is 8.17. The molecule has 0 saturated carbocycles. The monoisotopic (exact) mass is 392 g/mol. The predicted octanol–water partition coefficient (Wildman–Crippen LogP) is 4.98. The molecule has 3 heterocycles. The highest BCUT2D eigenvalue weighted by atomic mass is 35.5. The van der Waals surface area contributed by atoms with Gasteiger partial charge in [0.1, 0.15) is 12.1 Å². The fraction of sp³-hybridized carbons (Fsp3) is 0.333. The lowest BCUT2D eigenvalue weighted by atomic mass is 9.91. The lowest BCUT2D eigenvalue weighted by Gasteiger charge is -2.37. The van der Waals surface area contributed by atoms with Gasteiger partial charge in [0.25, 0.3) is 0 Å². The summed E-state index contributed by atoms with van der Waals surface area (Å²) in [6.07, 6.45) is 3.54. The topological polar surface area (TPSA) is 55.0 Å². The third-order valence-corrected chi connectivity index (χ3v) is 6.57. The van der Waals surface area contributed by atoms with Crippen LogP contribution in [0.1, 0.15) is 19.8 Å². The molecule has 0 radical (unpaired) electrons. The maximum Gasteiger partial charge on any atom is 0.150 e. The first-order chi connectivity index (χ1) is 12.0. The fourth-order valence-electron chi connectivity index (χ4n) is 3.20. The third kappa shape index (κ3) is 3.10. The molecule has 7 heteroatoms. The van der Waals surface area contributed by atoms with Crippen molar-refractivity contribution in [1.82, 2.24) is 9.97 Å². The molecule has 3 aromatic rings. The first kappa shape index (κ1) is 17.0. The maximum atomic E-state index is 6.41. The molecule has 0 atom stereocenters. The zero-order chi connectivity index (χ0) is 17.6. The number of nitrogens with zero attached hydrogens (tertiary/aromatic N) is 3. The Bertz CT molecular complexity index is 928. The number of benzene rings is 1. The highest BCUT2D eigenvalue weighted by Crippen LogP contribution is 2.41. The molecule has 4 rings (SSSR count). The maximum absolute atomic E-state index is 6.41. The van der Waals surface area contributed by atoms with Gasteiger partial charge in [-0.25, -0.2) is 9.97 Å². The summed E-state index contributed by atoms with van der Waals surface area (Å²) in [6.45, 7) is 3.93. The van der Waals surface area contributed by atoms with E-state index < -0.39 is 0 Å². The molecule has 130 valence electrons. The van der Waals surface area contributed by atoms with Crippen molar-refractivity contribution in [2.75, 3.05) is 18.0 Å². The Labute approximate surface area is 160 Å². The molecule has 0 aliphatic carbocycles. The summed E-state index contributed by atoms with van der Waals surface area (Å²) in [5.41, 5.74) is 8.99. The highest BCUT2D eigenvalue weighted by molar-refractivity contribution is 7.18. The van der Waals surface area contributed by atoms with Crippen molar-refractivity contribution in [2.45, 2.75) is 25.3 Å².